The van der Waals surface area contributed by atoms with Crippen molar-refractivity contribution < 1.29 is 75.0 Å². The zero-order chi connectivity index (χ0) is 38.9. The number of benzene rings is 6. The fourth-order valence-electron chi connectivity index (χ4n) is 5.65. The summed E-state index contributed by atoms with van der Waals surface area (Å²) in [4.78, 5) is 26.7. The first-order chi connectivity index (χ1) is 25.6. The van der Waals surface area contributed by atoms with Crippen LogP contribution < -0.4 is 10.6 Å². The van der Waals surface area contributed by atoms with Gasteiger partial charge in [-0.1, -0.05) is 34.3 Å². The molecule has 0 spiro atoms. The Bertz CT molecular complexity index is 2720. The molecule has 280 valence electrons. The van der Waals surface area contributed by atoms with E-state index in [-0.39, 0.29) is 65.0 Å². The van der Waals surface area contributed by atoms with E-state index in [1.54, 1.807) is 18.2 Å². The lowest BCUT2D eigenvalue weighted by Gasteiger charge is -2.16. The van der Waals surface area contributed by atoms with E-state index >= 15 is 0 Å². The topological polar surface area (TPSA) is 285 Å². The number of aromatic hydroxyl groups is 2. The molecule has 0 radical (unpaired) electrons. The number of nitrogens with one attached hydrogen (secondary N) is 2. The Balaban J connectivity index is 1.40. The fourth-order valence-corrected chi connectivity index (χ4v) is 7.62. The van der Waals surface area contributed by atoms with Crippen LogP contribution in [0.15, 0.2) is 105 Å². The van der Waals surface area contributed by atoms with Crippen molar-refractivity contribution in [1.29, 1.82) is 0 Å². The summed E-state index contributed by atoms with van der Waals surface area (Å²) in [7, 11) is -9.80. The summed E-state index contributed by atoms with van der Waals surface area (Å²) in [6, 6.07) is 17.7. The van der Waals surface area contributed by atoms with Gasteiger partial charge in [0.05, 0.1) is 45.3 Å². The highest BCUT2D eigenvalue weighted by Gasteiger charge is 2.23. The number of hydrogen-bond donors (Lipinski definition) is 8. The van der Waals surface area contributed by atoms with Gasteiger partial charge in [-0.15, -0.1) is 8.67 Å². The van der Waals surface area contributed by atoms with Crippen molar-refractivity contribution in [1.82, 2.24) is 0 Å². The van der Waals surface area contributed by atoms with E-state index in [4.69, 9.17) is 10.5 Å². The van der Waals surface area contributed by atoms with Crippen molar-refractivity contribution in [2.75, 3.05) is 10.6 Å². The minimum atomic E-state index is -4.94. The molecule has 0 bridgehead atoms. The fraction of sp³-hybridized carbons (Fsp3) is 0. The second kappa shape index (κ2) is 15.3. The summed E-state index contributed by atoms with van der Waals surface area (Å²) in [6.45, 7) is 0. The first-order valence-corrected chi connectivity index (χ1v) is 19.0. The second-order valence-electron chi connectivity index (χ2n) is 11.0. The third-order valence-corrected chi connectivity index (χ3v) is 10.6. The van der Waals surface area contributed by atoms with Crippen molar-refractivity contribution in [3.8, 4) is 11.5 Å². The number of carbonyl (C=O) groups excluding carboxylic acids is 2. The molecule has 6 rings (SSSR count). The van der Waals surface area contributed by atoms with E-state index in [1.165, 1.54) is 42.5 Å². The molecule has 6 aromatic rings. The maximum absolute atomic E-state index is 13.9. The molecule has 2 amide bonds. The van der Waals surface area contributed by atoms with Crippen molar-refractivity contribution in [3.63, 3.8) is 0 Å². The van der Waals surface area contributed by atoms with Gasteiger partial charge in [-0.05, 0) is 76.1 Å². The zero-order valence-electron chi connectivity index (χ0n) is 26.5. The van der Waals surface area contributed by atoms with Crippen LogP contribution >= 0.6 is 24.1 Å². The Morgan fingerprint density at radius 1 is 0.574 bits per heavy atom. The minimum Gasteiger partial charge on any atom is -0.507 e. The van der Waals surface area contributed by atoms with E-state index < -0.39 is 47.6 Å². The maximum Gasteiger partial charge on any atom is 0.294 e. The van der Waals surface area contributed by atoms with Crippen LogP contribution in [0, 0.1) is 0 Å². The molecule has 6 aromatic carbocycles. The molecule has 18 nitrogen and oxygen atoms in total. The summed E-state index contributed by atoms with van der Waals surface area (Å²) in [5.74, 6) is -2.65. The summed E-state index contributed by atoms with van der Waals surface area (Å²) >= 11 is 1.13. The average Bonchev–Trinajstić information content (AvgIpc) is 3.11. The van der Waals surface area contributed by atoms with Gasteiger partial charge < -0.3 is 20.8 Å². The molecule has 54 heavy (non-hydrogen) atoms. The van der Waals surface area contributed by atoms with Crippen LogP contribution in [0.3, 0.4) is 0 Å². The molecule has 0 saturated heterocycles. The van der Waals surface area contributed by atoms with Gasteiger partial charge in [0.15, 0.2) is 0 Å². The number of amides is 2. The number of phenols is 2. The van der Waals surface area contributed by atoms with Gasteiger partial charge in [0.2, 0.25) is 0 Å². The molecule has 8 N–H and O–H groups in total. The van der Waals surface area contributed by atoms with Crippen LogP contribution in [0.5, 0.6) is 11.5 Å². The first-order valence-electron chi connectivity index (χ1n) is 14.6. The van der Waals surface area contributed by atoms with Crippen LogP contribution in [0.4, 0.5) is 11.4 Å². The largest absolute Gasteiger partial charge is 0.507 e. The molecular weight excluding hydrogens is 797 g/mol. The van der Waals surface area contributed by atoms with Crippen molar-refractivity contribution >= 4 is 99.8 Å². The Kier molecular flexibility index (Phi) is 11.0. The molecule has 0 unspecified atom stereocenters. The number of rotatable bonds is 12. The summed E-state index contributed by atoms with van der Waals surface area (Å²) in [5.41, 5.74) is -0.267. The van der Waals surface area contributed by atoms with Crippen molar-refractivity contribution in [3.05, 3.63) is 96.1 Å². The molecule has 0 fully saturated rings. The molecule has 0 aromatic heterocycles. The predicted octanol–water partition coefficient (Wildman–Crippen LogP) is 6.41. The molecule has 0 heterocycles. The number of anilines is 2. The standard InChI is InChI=1S/C32H22N2O16S4/c35-27-12-18(52-50-48-40)8-15-7-17(51-49-47-39)11-25(29(15)27)33-31(37)23-5-6-24(22-4-2-1-3-21(22)23)32(38)34-26-13-19(53(41,42)43)9-16-10-20(54(44,45)46)14-28(36)30(16)26/h1-14,35-36,39-40H,(H,33,37)(H,34,38)(H,41,42,43)(H,44,45,46). The quantitative estimate of drug-likeness (QED) is 0.0286. The van der Waals surface area contributed by atoms with Crippen LogP contribution in [-0.2, 0) is 39.0 Å². The number of hydrogen-bond acceptors (Lipinski definition) is 16. The highest BCUT2D eigenvalue weighted by atomic mass is 32.2. The van der Waals surface area contributed by atoms with Gasteiger partial charge >= 0.3 is 0 Å². The average molecular weight is 819 g/mol. The Labute approximate surface area is 311 Å². The van der Waals surface area contributed by atoms with Gasteiger partial charge in [-0.2, -0.15) is 16.8 Å². The van der Waals surface area contributed by atoms with Crippen LogP contribution in [0.1, 0.15) is 20.7 Å². The van der Waals surface area contributed by atoms with E-state index in [1.807, 2.05) is 0 Å². The SMILES string of the molecule is O=C(Nc1cc(SOOO)cc2cc(SOOO)cc(O)c12)c1ccc(C(=O)Nc2cc(S(=O)(=O)O)cc3cc(S(=O)(=O)O)cc(O)c23)c2ccccc12. The zero-order valence-corrected chi connectivity index (χ0v) is 29.7. The highest BCUT2D eigenvalue weighted by Crippen LogP contribution is 2.41. The molecule has 0 aliphatic rings. The second-order valence-corrected chi connectivity index (χ2v) is 15.4. The van der Waals surface area contributed by atoms with Gasteiger partial charge in [0.1, 0.15) is 11.5 Å². The summed E-state index contributed by atoms with van der Waals surface area (Å²) in [6.07, 6.45) is 0. The van der Waals surface area contributed by atoms with Gasteiger partial charge in [0.25, 0.3) is 32.1 Å². The van der Waals surface area contributed by atoms with Crippen LogP contribution in [0.25, 0.3) is 32.3 Å². The lowest BCUT2D eigenvalue weighted by molar-refractivity contribution is -0.432. The lowest BCUT2D eigenvalue weighted by atomic mass is 9.98. The maximum atomic E-state index is 13.9. The Hall–Kier alpha value is -5.08. The minimum absolute atomic E-state index is 0.0386. The van der Waals surface area contributed by atoms with E-state index in [0.29, 0.717) is 35.5 Å². The van der Waals surface area contributed by atoms with Crippen molar-refractivity contribution in [2.45, 2.75) is 19.6 Å². The van der Waals surface area contributed by atoms with Crippen LogP contribution in [-0.4, -0.2) is 58.5 Å². The van der Waals surface area contributed by atoms with E-state index in [9.17, 15) is 45.7 Å². The summed E-state index contributed by atoms with van der Waals surface area (Å²) < 4.78 is 75.9. The molecule has 0 aliphatic heterocycles. The number of carbonyl (C=O) groups is 2. The third kappa shape index (κ3) is 8.04. The normalized spacial score (nSPS) is 12.0. The molecule has 0 aliphatic carbocycles. The van der Waals surface area contributed by atoms with Gasteiger partial charge in [-0.3, -0.25) is 18.7 Å². The molecule has 0 saturated carbocycles. The number of phenolic OH excluding ortho intramolecular Hbond substituents is 2. The van der Waals surface area contributed by atoms with Gasteiger partial charge in [0, 0.05) is 37.8 Å². The Morgan fingerprint density at radius 2 is 1.00 bits per heavy atom. The van der Waals surface area contributed by atoms with Gasteiger partial charge in [-0.25, -0.2) is 10.5 Å². The van der Waals surface area contributed by atoms with Crippen molar-refractivity contribution in [2.24, 2.45) is 0 Å². The first kappa shape index (κ1) is 38.6. The Morgan fingerprint density at radius 3 is 1.48 bits per heavy atom. The summed E-state index contributed by atoms with van der Waals surface area (Å²) in [5, 5.41) is 51.7. The molecule has 22 heteroatoms. The predicted molar refractivity (Wildman–Crippen MR) is 192 cm³/mol. The van der Waals surface area contributed by atoms with Crippen LogP contribution in [0.2, 0.25) is 0 Å². The monoisotopic (exact) mass is 818 g/mol. The third-order valence-electron chi connectivity index (χ3n) is 7.78. The number of fused-ring (bicyclic) bond motifs is 3. The van der Waals surface area contributed by atoms with E-state index in [0.717, 1.165) is 18.2 Å². The molecular formula is C32H22N2O16S4. The lowest BCUT2D eigenvalue weighted by Crippen LogP contribution is -2.16. The highest BCUT2D eigenvalue weighted by molar-refractivity contribution is 7.94. The smallest absolute Gasteiger partial charge is 0.294 e. The van der Waals surface area contributed by atoms with E-state index in [2.05, 4.69) is 29.4 Å². The molecule has 0 atom stereocenters.